The number of benzene rings is 1. The molecule has 3 nitrogen and oxygen atoms in total. The average Bonchev–Trinajstić information content (AvgIpc) is 3.28. The Morgan fingerprint density at radius 2 is 1.92 bits per heavy atom. The summed E-state index contributed by atoms with van der Waals surface area (Å²) in [7, 11) is -0.655. The minimum Gasteiger partial charge on any atom is -0.323 e. The SMILES string of the molecule is CC1(C)[C@H]2CC[C@]1(C)[C@H](OP1N(c3ccccc3)C[C@@H]3CCCN31)C2. The van der Waals surface area contributed by atoms with Gasteiger partial charge in [-0.2, -0.15) is 0 Å². The van der Waals surface area contributed by atoms with Gasteiger partial charge in [-0.15, -0.1) is 0 Å². The van der Waals surface area contributed by atoms with Crippen LogP contribution in [0.5, 0.6) is 0 Å². The van der Waals surface area contributed by atoms with E-state index in [1.807, 2.05) is 0 Å². The molecule has 0 radical (unpaired) electrons. The van der Waals surface area contributed by atoms with Crippen LogP contribution in [0.3, 0.4) is 0 Å². The van der Waals surface area contributed by atoms with Crippen LogP contribution in [0.1, 0.15) is 52.9 Å². The molecular formula is C21H31N2OP. The zero-order chi connectivity index (χ0) is 17.2. The normalized spacial score (nSPS) is 42.3. The minimum absolute atomic E-state index is 0.347. The third-order valence-electron chi connectivity index (χ3n) is 8.15. The predicted molar refractivity (Wildman–Crippen MR) is 105 cm³/mol. The molecule has 4 fully saturated rings. The molecule has 1 unspecified atom stereocenters. The second-order valence-corrected chi connectivity index (χ2v) is 11.0. The Hall–Kier alpha value is -0.630. The van der Waals surface area contributed by atoms with E-state index in [4.69, 9.17) is 4.52 Å². The molecule has 25 heavy (non-hydrogen) atoms. The first-order valence-electron chi connectivity index (χ1n) is 10.1. The standard InChI is InChI=1S/C21H31N2OP/c1-20(2)16-11-12-21(20,3)19(14-16)24-25-22-13-7-10-18(22)15-23(25)17-8-5-4-6-9-17/h4-6,8-9,16,18-19H,7,10-15H2,1-3H3/t16-,18-,19+,21+,25?/m0/s1. The van der Waals surface area contributed by atoms with E-state index in [0.29, 0.717) is 23.0 Å². The Morgan fingerprint density at radius 3 is 2.60 bits per heavy atom. The fourth-order valence-corrected chi connectivity index (χ4v) is 8.46. The maximum Gasteiger partial charge on any atom is 0.218 e. The van der Waals surface area contributed by atoms with Crippen molar-refractivity contribution in [1.82, 2.24) is 4.67 Å². The number of nitrogens with zero attached hydrogens (tertiary/aromatic N) is 2. The topological polar surface area (TPSA) is 15.7 Å². The van der Waals surface area contributed by atoms with Gasteiger partial charge in [0.05, 0.1) is 6.10 Å². The first-order valence-corrected chi connectivity index (χ1v) is 11.2. The second kappa shape index (κ2) is 5.68. The lowest BCUT2D eigenvalue weighted by atomic mass is 9.70. The maximum atomic E-state index is 7.04. The molecule has 1 aromatic rings. The van der Waals surface area contributed by atoms with Crippen molar-refractivity contribution in [1.29, 1.82) is 0 Å². The molecule has 4 heteroatoms. The van der Waals surface area contributed by atoms with Crippen LogP contribution in [0.15, 0.2) is 30.3 Å². The van der Waals surface area contributed by atoms with Gasteiger partial charge in [0.1, 0.15) is 0 Å². The van der Waals surface area contributed by atoms with Crippen molar-refractivity contribution >= 4 is 14.1 Å². The summed E-state index contributed by atoms with van der Waals surface area (Å²) >= 11 is 0. The van der Waals surface area contributed by atoms with Crippen LogP contribution in [0.2, 0.25) is 0 Å². The van der Waals surface area contributed by atoms with Crippen LogP contribution in [-0.4, -0.2) is 29.9 Å². The molecule has 4 aliphatic rings. The molecule has 2 saturated heterocycles. The van der Waals surface area contributed by atoms with E-state index in [9.17, 15) is 0 Å². The first-order chi connectivity index (χ1) is 12.0. The number of fused-ring (bicyclic) bond motifs is 3. The molecule has 2 saturated carbocycles. The van der Waals surface area contributed by atoms with Crippen molar-refractivity contribution in [3.63, 3.8) is 0 Å². The van der Waals surface area contributed by atoms with Crippen LogP contribution in [0.25, 0.3) is 0 Å². The molecule has 0 aromatic heterocycles. The molecule has 1 aromatic carbocycles. The highest BCUT2D eigenvalue weighted by Gasteiger charge is 2.63. The van der Waals surface area contributed by atoms with Gasteiger partial charge in [0.15, 0.2) is 0 Å². The highest BCUT2D eigenvalue weighted by molar-refractivity contribution is 7.52. The Kier molecular flexibility index (Phi) is 3.76. The zero-order valence-electron chi connectivity index (χ0n) is 15.8. The van der Waals surface area contributed by atoms with Crippen LogP contribution >= 0.6 is 8.45 Å². The summed E-state index contributed by atoms with van der Waals surface area (Å²) in [5, 5.41) is 0. The summed E-state index contributed by atoms with van der Waals surface area (Å²) in [4.78, 5) is 0. The minimum atomic E-state index is -0.655. The fourth-order valence-electron chi connectivity index (χ4n) is 5.96. The van der Waals surface area contributed by atoms with Crippen molar-refractivity contribution in [2.45, 2.75) is 65.0 Å². The smallest absolute Gasteiger partial charge is 0.218 e. The van der Waals surface area contributed by atoms with Crippen molar-refractivity contribution in [2.75, 3.05) is 17.8 Å². The van der Waals surface area contributed by atoms with E-state index in [0.717, 1.165) is 12.5 Å². The van der Waals surface area contributed by atoms with Gasteiger partial charge in [-0.1, -0.05) is 39.0 Å². The predicted octanol–water partition coefficient (Wildman–Crippen LogP) is 5.43. The van der Waals surface area contributed by atoms with Gasteiger partial charge in [-0.05, 0) is 61.0 Å². The quantitative estimate of drug-likeness (QED) is 0.670. The van der Waals surface area contributed by atoms with E-state index in [2.05, 4.69) is 60.4 Å². The Bertz CT molecular complexity index is 651. The summed E-state index contributed by atoms with van der Waals surface area (Å²) in [6.07, 6.45) is 7.11. The molecule has 0 amide bonds. The monoisotopic (exact) mass is 358 g/mol. The second-order valence-electron chi connectivity index (χ2n) is 9.33. The van der Waals surface area contributed by atoms with Crippen LogP contribution < -0.4 is 4.67 Å². The third kappa shape index (κ3) is 2.28. The summed E-state index contributed by atoms with van der Waals surface area (Å²) in [6, 6.07) is 11.7. The average molecular weight is 358 g/mol. The van der Waals surface area contributed by atoms with Crippen LogP contribution in [0.4, 0.5) is 5.69 Å². The van der Waals surface area contributed by atoms with E-state index < -0.39 is 8.45 Å². The number of para-hydroxylation sites is 1. The van der Waals surface area contributed by atoms with Crippen molar-refractivity contribution in [3.8, 4) is 0 Å². The fraction of sp³-hybridized carbons (Fsp3) is 0.714. The first kappa shape index (κ1) is 16.5. The molecule has 0 N–H and O–H groups in total. The van der Waals surface area contributed by atoms with Gasteiger partial charge in [0.25, 0.3) is 0 Å². The Morgan fingerprint density at radius 1 is 1.12 bits per heavy atom. The lowest BCUT2D eigenvalue weighted by Crippen LogP contribution is -2.37. The summed E-state index contributed by atoms with van der Waals surface area (Å²) < 4.78 is 12.3. The molecule has 2 aliphatic carbocycles. The van der Waals surface area contributed by atoms with Crippen molar-refractivity contribution in [3.05, 3.63) is 30.3 Å². The molecular weight excluding hydrogens is 327 g/mol. The summed E-state index contributed by atoms with van der Waals surface area (Å²) in [5.74, 6) is 0.847. The zero-order valence-corrected chi connectivity index (χ0v) is 16.7. The third-order valence-corrected chi connectivity index (χ3v) is 10.4. The van der Waals surface area contributed by atoms with E-state index in [-0.39, 0.29) is 0 Å². The summed E-state index contributed by atoms with van der Waals surface area (Å²) in [6.45, 7) is 9.85. The highest BCUT2D eigenvalue weighted by Crippen LogP contribution is 2.69. The number of rotatable bonds is 3. The van der Waals surface area contributed by atoms with E-state index >= 15 is 0 Å². The largest absolute Gasteiger partial charge is 0.323 e. The van der Waals surface area contributed by atoms with Gasteiger partial charge in [-0.25, -0.2) is 4.67 Å². The number of anilines is 1. The maximum absolute atomic E-state index is 7.04. The van der Waals surface area contributed by atoms with Gasteiger partial charge in [-0.3, -0.25) is 0 Å². The van der Waals surface area contributed by atoms with Crippen LogP contribution in [0, 0.1) is 16.7 Å². The molecule has 2 heterocycles. The van der Waals surface area contributed by atoms with Gasteiger partial charge in [0.2, 0.25) is 8.45 Å². The number of hydrogen-bond acceptors (Lipinski definition) is 3. The lowest BCUT2D eigenvalue weighted by Gasteiger charge is -2.41. The van der Waals surface area contributed by atoms with E-state index in [1.165, 1.54) is 44.3 Å². The van der Waals surface area contributed by atoms with Crippen molar-refractivity contribution < 1.29 is 4.52 Å². The Labute approximate surface area is 153 Å². The van der Waals surface area contributed by atoms with Crippen molar-refractivity contribution in [2.24, 2.45) is 16.7 Å². The van der Waals surface area contributed by atoms with Gasteiger partial charge >= 0.3 is 0 Å². The molecule has 0 spiro atoms. The molecule has 2 bridgehead atoms. The molecule has 5 rings (SSSR count). The molecule has 136 valence electrons. The van der Waals surface area contributed by atoms with E-state index in [1.54, 1.807) is 0 Å². The Balaban J connectivity index is 1.43. The molecule has 5 atom stereocenters. The summed E-state index contributed by atoms with van der Waals surface area (Å²) in [5.41, 5.74) is 2.12. The number of hydrogen-bond donors (Lipinski definition) is 0. The van der Waals surface area contributed by atoms with Gasteiger partial charge in [0, 0.05) is 24.8 Å². The highest BCUT2D eigenvalue weighted by atomic mass is 31.2. The molecule has 2 aliphatic heterocycles. The van der Waals surface area contributed by atoms with Crippen LogP contribution in [-0.2, 0) is 4.52 Å². The lowest BCUT2D eigenvalue weighted by molar-refractivity contribution is 0.0339. The van der Waals surface area contributed by atoms with Gasteiger partial charge < -0.3 is 9.19 Å².